The lowest BCUT2D eigenvalue weighted by molar-refractivity contribution is 0.254. The van der Waals surface area contributed by atoms with Gasteiger partial charge in [-0.25, -0.2) is 0 Å². The second kappa shape index (κ2) is 5.80. The van der Waals surface area contributed by atoms with E-state index < -0.39 is 0 Å². The highest BCUT2D eigenvalue weighted by atomic mass is 79.9. The highest BCUT2D eigenvalue weighted by molar-refractivity contribution is 9.10. The molecule has 128 valence electrons. The van der Waals surface area contributed by atoms with Gasteiger partial charge in [0.1, 0.15) is 5.75 Å². The Morgan fingerprint density at radius 3 is 2.25 bits per heavy atom. The average Bonchev–Trinajstić information content (AvgIpc) is 2.88. The van der Waals surface area contributed by atoms with Gasteiger partial charge in [0.25, 0.3) is 0 Å². The Labute approximate surface area is 153 Å². The van der Waals surface area contributed by atoms with Crippen LogP contribution >= 0.6 is 15.9 Å². The smallest absolute Gasteiger partial charge is 0.196 e. The highest BCUT2D eigenvalue weighted by Crippen LogP contribution is 2.47. The molecule has 0 fully saturated rings. The predicted molar refractivity (Wildman–Crippen MR) is 105 cm³/mol. The van der Waals surface area contributed by atoms with Crippen LogP contribution < -0.4 is 10.1 Å². The average molecular weight is 388 g/mol. The highest BCUT2D eigenvalue weighted by Gasteiger charge is 2.32. The summed E-state index contributed by atoms with van der Waals surface area (Å²) in [6, 6.07) is 12.8. The van der Waals surface area contributed by atoms with Crippen LogP contribution in [0, 0.1) is 0 Å². The van der Waals surface area contributed by atoms with Gasteiger partial charge in [0.05, 0.1) is 5.69 Å². The Morgan fingerprint density at radius 1 is 0.958 bits per heavy atom. The van der Waals surface area contributed by atoms with Crippen LogP contribution in [0.15, 0.2) is 40.9 Å². The lowest BCUT2D eigenvalue weighted by Gasteiger charge is -2.26. The molecular weight excluding hydrogens is 362 g/mol. The molecule has 0 radical (unpaired) electrons. The summed E-state index contributed by atoms with van der Waals surface area (Å²) in [7, 11) is 0. The van der Waals surface area contributed by atoms with Gasteiger partial charge >= 0.3 is 0 Å². The molecule has 0 amide bonds. The van der Waals surface area contributed by atoms with E-state index >= 15 is 0 Å². The van der Waals surface area contributed by atoms with E-state index in [1.165, 1.54) is 11.1 Å². The molecular formula is C21H26BrNO. The normalized spacial score (nSPS) is 17.2. The molecule has 1 heterocycles. The van der Waals surface area contributed by atoms with Crippen LogP contribution in [0.5, 0.6) is 5.75 Å². The van der Waals surface area contributed by atoms with E-state index in [0.29, 0.717) is 0 Å². The van der Waals surface area contributed by atoms with Crippen LogP contribution in [0.1, 0.15) is 64.5 Å². The summed E-state index contributed by atoms with van der Waals surface area (Å²) < 4.78 is 7.40. The Bertz CT molecular complexity index is 768. The fourth-order valence-electron chi connectivity index (χ4n) is 2.96. The second-order valence-corrected chi connectivity index (χ2v) is 9.51. The third-order valence-corrected chi connectivity index (χ3v) is 4.93. The third-order valence-electron chi connectivity index (χ3n) is 4.44. The minimum atomic E-state index is -0.145. The van der Waals surface area contributed by atoms with Crippen molar-refractivity contribution in [2.45, 2.75) is 58.6 Å². The Morgan fingerprint density at radius 2 is 1.67 bits per heavy atom. The topological polar surface area (TPSA) is 21.3 Å². The molecule has 0 aliphatic carbocycles. The summed E-state index contributed by atoms with van der Waals surface area (Å²) in [6.07, 6.45) is -0.145. The van der Waals surface area contributed by atoms with E-state index in [2.05, 4.69) is 87.1 Å². The fourth-order valence-corrected chi connectivity index (χ4v) is 3.38. The summed E-state index contributed by atoms with van der Waals surface area (Å²) in [4.78, 5) is 0. The molecule has 0 aromatic heterocycles. The summed E-state index contributed by atoms with van der Waals surface area (Å²) in [6.45, 7) is 13.5. The van der Waals surface area contributed by atoms with Crippen LogP contribution in [0.4, 0.5) is 5.69 Å². The maximum Gasteiger partial charge on any atom is 0.196 e. The maximum absolute atomic E-state index is 6.34. The minimum absolute atomic E-state index is 0.0270. The molecule has 0 saturated carbocycles. The number of ether oxygens (including phenoxy) is 1. The van der Waals surface area contributed by atoms with Gasteiger partial charge in [-0.2, -0.15) is 0 Å². The first kappa shape index (κ1) is 17.3. The van der Waals surface area contributed by atoms with Crippen LogP contribution in [0.25, 0.3) is 0 Å². The molecule has 1 atom stereocenters. The van der Waals surface area contributed by atoms with Crippen molar-refractivity contribution in [1.82, 2.24) is 0 Å². The molecule has 2 aromatic rings. The van der Waals surface area contributed by atoms with Crippen LogP contribution in [-0.2, 0) is 10.8 Å². The number of hydrogen-bond acceptors (Lipinski definition) is 2. The molecule has 1 aliphatic rings. The van der Waals surface area contributed by atoms with Gasteiger partial charge < -0.3 is 10.1 Å². The zero-order valence-corrected chi connectivity index (χ0v) is 16.9. The van der Waals surface area contributed by atoms with Gasteiger partial charge in [-0.05, 0) is 34.6 Å². The predicted octanol–water partition coefficient (Wildman–Crippen LogP) is 6.55. The van der Waals surface area contributed by atoms with Gasteiger partial charge in [-0.15, -0.1) is 0 Å². The number of fused-ring (bicyclic) bond motifs is 1. The Hall–Kier alpha value is -1.48. The van der Waals surface area contributed by atoms with E-state index in [1.54, 1.807) is 0 Å². The van der Waals surface area contributed by atoms with Gasteiger partial charge in [0.2, 0.25) is 0 Å². The standard InChI is InChI=1S/C21H26BrNO/c1-20(2,3)14-11-16(21(4,5)6)18-17(12-14)23-19(24-18)13-8-7-9-15(22)10-13/h7-12,19,23H,1-6H3. The van der Waals surface area contributed by atoms with E-state index in [0.717, 1.165) is 21.5 Å². The SMILES string of the molecule is CC(C)(C)c1cc2c(c(C(C)(C)C)c1)OC(c1cccc(Br)c1)N2. The Kier molecular flexibility index (Phi) is 4.19. The van der Waals surface area contributed by atoms with Crippen LogP contribution in [0.2, 0.25) is 0 Å². The fraction of sp³-hybridized carbons (Fsp3) is 0.429. The van der Waals surface area contributed by atoms with Crippen molar-refractivity contribution in [3.63, 3.8) is 0 Å². The molecule has 2 nitrogen and oxygen atoms in total. The van der Waals surface area contributed by atoms with E-state index in [4.69, 9.17) is 4.74 Å². The molecule has 3 heteroatoms. The summed E-state index contributed by atoms with van der Waals surface area (Å²) in [5, 5.41) is 3.56. The third kappa shape index (κ3) is 3.32. The lowest BCUT2D eigenvalue weighted by Crippen LogP contribution is -2.17. The van der Waals surface area contributed by atoms with Crippen molar-refractivity contribution < 1.29 is 4.74 Å². The van der Waals surface area contributed by atoms with Crippen molar-refractivity contribution in [2.75, 3.05) is 5.32 Å². The first-order valence-electron chi connectivity index (χ1n) is 8.43. The van der Waals surface area contributed by atoms with Crippen molar-refractivity contribution in [1.29, 1.82) is 0 Å². The summed E-state index contributed by atoms with van der Waals surface area (Å²) in [5.41, 5.74) is 4.94. The van der Waals surface area contributed by atoms with E-state index in [1.807, 2.05) is 12.1 Å². The van der Waals surface area contributed by atoms with Gasteiger partial charge in [-0.3, -0.25) is 0 Å². The number of anilines is 1. The molecule has 2 aromatic carbocycles. The zero-order chi connectivity index (χ0) is 17.7. The van der Waals surface area contributed by atoms with E-state index in [9.17, 15) is 0 Å². The van der Waals surface area contributed by atoms with Gasteiger partial charge in [-0.1, -0.05) is 75.7 Å². The molecule has 0 saturated heterocycles. The number of benzene rings is 2. The summed E-state index contributed by atoms with van der Waals surface area (Å²) >= 11 is 3.54. The quantitative estimate of drug-likeness (QED) is 0.598. The molecule has 3 rings (SSSR count). The minimum Gasteiger partial charge on any atom is -0.464 e. The van der Waals surface area contributed by atoms with Gasteiger partial charge in [0, 0.05) is 15.6 Å². The number of halogens is 1. The number of hydrogen-bond donors (Lipinski definition) is 1. The monoisotopic (exact) mass is 387 g/mol. The first-order chi connectivity index (χ1) is 11.1. The molecule has 0 spiro atoms. The molecule has 1 unspecified atom stereocenters. The largest absolute Gasteiger partial charge is 0.464 e. The molecule has 24 heavy (non-hydrogen) atoms. The van der Waals surface area contributed by atoms with Crippen molar-refractivity contribution in [3.05, 3.63) is 57.6 Å². The van der Waals surface area contributed by atoms with Crippen molar-refractivity contribution >= 4 is 21.6 Å². The summed E-state index contributed by atoms with van der Waals surface area (Å²) in [5.74, 6) is 0.987. The van der Waals surface area contributed by atoms with E-state index in [-0.39, 0.29) is 17.1 Å². The van der Waals surface area contributed by atoms with Crippen LogP contribution in [0.3, 0.4) is 0 Å². The van der Waals surface area contributed by atoms with Crippen molar-refractivity contribution in [2.24, 2.45) is 0 Å². The van der Waals surface area contributed by atoms with Crippen molar-refractivity contribution in [3.8, 4) is 5.75 Å². The van der Waals surface area contributed by atoms with Gasteiger partial charge in [0.15, 0.2) is 6.23 Å². The van der Waals surface area contributed by atoms with Crippen LogP contribution in [-0.4, -0.2) is 0 Å². The molecule has 1 N–H and O–H groups in total. The number of nitrogens with one attached hydrogen (secondary N) is 1. The lowest BCUT2D eigenvalue weighted by atomic mass is 9.80. The first-order valence-corrected chi connectivity index (χ1v) is 9.23. The molecule has 0 bridgehead atoms. The zero-order valence-electron chi connectivity index (χ0n) is 15.3. The Balaban J connectivity index is 2.07. The molecule has 1 aliphatic heterocycles. The maximum atomic E-state index is 6.34. The number of rotatable bonds is 1. The second-order valence-electron chi connectivity index (χ2n) is 8.60.